The van der Waals surface area contributed by atoms with E-state index in [9.17, 15) is 13.2 Å². The molecule has 1 aromatic carbocycles. The molecule has 10 heteroatoms. The SMILES string of the molecule is CC(C)(C)c1ncc(C(=O)Nc2nc3ccc(S(=O)(=O)N4CCCC4)cc3s2)s1. The van der Waals surface area contributed by atoms with E-state index in [1.54, 1.807) is 24.4 Å². The molecule has 0 saturated carbocycles. The van der Waals surface area contributed by atoms with Gasteiger partial charge in [-0.2, -0.15) is 4.31 Å². The average molecular weight is 451 g/mol. The Morgan fingerprint density at radius 3 is 2.55 bits per heavy atom. The summed E-state index contributed by atoms with van der Waals surface area (Å²) in [6.45, 7) is 7.28. The number of thiazole rings is 2. The smallest absolute Gasteiger partial charge is 0.269 e. The van der Waals surface area contributed by atoms with Gasteiger partial charge in [0, 0.05) is 18.5 Å². The summed E-state index contributed by atoms with van der Waals surface area (Å²) in [5, 5.41) is 4.13. The van der Waals surface area contributed by atoms with E-state index in [1.165, 1.54) is 27.0 Å². The lowest BCUT2D eigenvalue weighted by molar-refractivity contribution is 0.103. The first-order valence-corrected chi connectivity index (χ1v) is 12.4. The summed E-state index contributed by atoms with van der Waals surface area (Å²) in [6, 6.07) is 4.91. The number of amides is 1. The van der Waals surface area contributed by atoms with Crippen LogP contribution in [0.25, 0.3) is 10.2 Å². The van der Waals surface area contributed by atoms with Crippen molar-refractivity contribution in [1.82, 2.24) is 14.3 Å². The van der Waals surface area contributed by atoms with Crippen molar-refractivity contribution in [2.75, 3.05) is 18.4 Å². The van der Waals surface area contributed by atoms with Crippen LogP contribution in [0.2, 0.25) is 0 Å². The third kappa shape index (κ3) is 4.07. The number of carbonyl (C=O) groups is 1. The molecule has 7 nitrogen and oxygen atoms in total. The number of rotatable bonds is 4. The Bertz CT molecular complexity index is 1170. The third-order valence-electron chi connectivity index (χ3n) is 4.65. The Hall–Kier alpha value is -1.88. The van der Waals surface area contributed by atoms with Crippen LogP contribution in [0.1, 0.15) is 48.3 Å². The molecule has 1 N–H and O–H groups in total. The van der Waals surface area contributed by atoms with Crippen LogP contribution < -0.4 is 5.32 Å². The van der Waals surface area contributed by atoms with Crippen LogP contribution in [0.15, 0.2) is 29.3 Å². The normalized spacial score (nSPS) is 15.8. The zero-order valence-corrected chi connectivity index (χ0v) is 18.9. The number of anilines is 1. The molecule has 1 aliphatic heterocycles. The molecule has 1 aliphatic rings. The zero-order chi connectivity index (χ0) is 20.8. The summed E-state index contributed by atoms with van der Waals surface area (Å²) in [5.41, 5.74) is 0.543. The Labute approximate surface area is 177 Å². The minimum atomic E-state index is -3.48. The molecule has 3 heterocycles. The van der Waals surface area contributed by atoms with Gasteiger partial charge in [-0.25, -0.2) is 18.4 Å². The maximum absolute atomic E-state index is 12.8. The number of fused-ring (bicyclic) bond motifs is 1. The van der Waals surface area contributed by atoms with Crippen molar-refractivity contribution in [2.45, 2.75) is 43.9 Å². The number of carbonyl (C=O) groups excluding carboxylic acids is 1. The van der Waals surface area contributed by atoms with Crippen molar-refractivity contribution < 1.29 is 13.2 Å². The van der Waals surface area contributed by atoms with Gasteiger partial charge in [-0.3, -0.25) is 10.1 Å². The van der Waals surface area contributed by atoms with Crippen LogP contribution in [0.3, 0.4) is 0 Å². The number of benzene rings is 1. The molecule has 0 unspecified atom stereocenters. The fourth-order valence-electron chi connectivity index (χ4n) is 3.08. The van der Waals surface area contributed by atoms with Gasteiger partial charge in [0.1, 0.15) is 4.88 Å². The van der Waals surface area contributed by atoms with Crippen molar-refractivity contribution in [2.24, 2.45) is 0 Å². The van der Waals surface area contributed by atoms with Gasteiger partial charge >= 0.3 is 0 Å². The minimum absolute atomic E-state index is 0.115. The van der Waals surface area contributed by atoms with Gasteiger partial charge in [0.15, 0.2) is 5.13 Å². The average Bonchev–Trinajstić information content (AvgIpc) is 3.39. The summed E-state index contributed by atoms with van der Waals surface area (Å²) in [4.78, 5) is 22.1. The monoisotopic (exact) mass is 450 g/mol. The summed E-state index contributed by atoms with van der Waals surface area (Å²) < 4.78 is 27.8. The van der Waals surface area contributed by atoms with Gasteiger partial charge in [-0.05, 0) is 31.0 Å². The lowest BCUT2D eigenvalue weighted by Crippen LogP contribution is -2.27. The minimum Gasteiger partial charge on any atom is -0.297 e. The van der Waals surface area contributed by atoms with Crippen LogP contribution in [0.5, 0.6) is 0 Å². The van der Waals surface area contributed by atoms with Gasteiger partial charge in [0.25, 0.3) is 5.91 Å². The number of sulfonamides is 1. The van der Waals surface area contributed by atoms with Crippen LogP contribution >= 0.6 is 22.7 Å². The van der Waals surface area contributed by atoms with Gasteiger partial charge in [0.2, 0.25) is 10.0 Å². The molecule has 1 saturated heterocycles. The summed E-state index contributed by atoms with van der Waals surface area (Å²) in [7, 11) is -3.48. The Morgan fingerprint density at radius 1 is 1.17 bits per heavy atom. The number of nitrogens with one attached hydrogen (secondary N) is 1. The Balaban J connectivity index is 1.56. The molecule has 0 bridgehead atoms. The quantitative estimate of drug-likeness (QED) is 0.646. The number of nitrogens with zero attached hydrogens (tertiary/aromatic N) is 3. The second kappa shape index (κ2) is 7.42. The van der Waals surface area contributed by atoms with Crippen molar-refractivity contribution in [3.8, 4) is 0 Å². The molecule has 4 rings (SSSR count). The zero-order valence-electron chi connectivity index (χ0n) is 16.4. The fourth-order valence-corrected chi connectivity index (χ4v) is 6.47. The molecular weight excluding hydrogens is 428 g/mol. The van der Waals surface area contributed by atoms with Gasteiger partial charge in [-0.1, -0.05) is 32.1 Å². The van der Waals surface area contributed by atoms with E-state index in [-0.39, 0.29) is 16.2 Å². The van der Waals surface area contributed by atoms with Crippen molar-refractivity contribution in [3.05, 3.63) is 34.3 Å². The van der Waals surface area contributed by atoms with E-state index in [0.717, 1.165) is 22.5 Å². The molecule has 3 aromatic rings. The molecule has 0 aliphatic carbocycles. The van der Waals surface area contributed by atoms with Crippen molar-refractivity contribution >= 4 is 54.0 Å². The molecule has 1 fully saturated rings. The molecule has 0 atom stereocenters. The molecule has 0 radical (unpaired) electrons. The van der Waals surface area contributed by atoms with Crippen molar-refractivity contribution in [3.63, 3.8) is 0 Å². The second-order valence-corrected chi connectivity index (χ2v) is 12.0. The van der Waals surface area contributed by atoms with Gasteiger partial charge < -0.3 is 0 Å². The summed E-state index contributed by atoms with van der Waals surface area (Å²) in [5.74, 6) is -0.262. The molecule has 2 aromatic heterocycles. The molecule has 29 heavy (non-hydrogen) atoms. The lowest BCUT2D eigenvalue weighted by atomic mass is 9.98. The topological polar surface area (TPSA) is 92.3 Å². The molecular formula is C19H22N4O3S3. The Kier molecular flexibility index (Phi) is 5.22. The highest BCUT2D eigenvalue weighted by molar-refractivity contribution is 7.89. The highest BCUT2D eigenvalue weighted by Crippen LogP contribution is 2.31. The molecule has 1 amide bonds. The van der Waals surface area contributed by atoms with Gasteiger partial charge in [-0.15, -0.1) is 11.3 Å². The highest BCUT2D eigenvalue weighted by Gasteiger charge is 2.27. The number of hydrogen-bond acceptors (Lipinski definition) is 7. The van der Waals surface area contributed by atoms with Crippen LogP contribution in [0, 0.1) is 0 Å². The number of aromatic nitrogens is 2. The van der Waals surface area contributed by atoms with E-state index < -0.39 is 10.0 Å². The first kappa shape index (κ1) is 20.4. The van der Waals surface area contributed by atoms with Crippen molar-refractivity contribution in [1.29, 1.82) is 0 Å². The predicted octanol–water partition coefficient (Wildman–Crippen LogP) is 4.09. The largest absolute Gasteiger partial charge is 0.297 e. The summed E-state index contributed by atoms with van der Waals surface area (Å²) in [6.07, 6.45) is 3.37. The summed E-state index contributed by atoms with van der Waals surface area (Å²) >= 11 is 2.63. The first-order chi connectivity index (χ1) is 13.6. The van der Waals surface area contributed by atoms with Crippen LogP contribution in [-0.4, -0.2) is 41.7 Å². The van der Waals surface area contributed by atoms with E-state index in [4.69, 9.17) is 0 Å². The number of hydrogen-bond donors (Lipinski definition) is 1. The first-order valence-electron chi connectivity index (χ1n) is 9.33. The van der Waals surface area contributed by atoms with E-state index in [2.05, 4.69) is 36.1 Å². The molecule has 0 spiro atoms. The maximum Gasteiger partial charge on any atom is 0.269 e. The van der Waals surface area contributed by atoms with Crippen LogP contribution in [-0.2, 0) is 15.4 Å². The fraction of sp³-hybridized carbons (Fsp3) is 0.421. The van der Waals surface area contributed by atoms with Gasteiger partial charge in [0.05, 0.1) is 26.3 Å². The lowest BCUT2D eigenvalue weighted by Gasteiger charge is -2.15. The second-order valence-electron chi connectivity index (χ2n) is 7.99. The van der Waals surface area contributed by atoms with E-state index in [1.807, 2.05) is 0 Å². The van der Waals surface area contributed by atoms with E-state index >= 15 is 0 Å². The highest BCUT2D eigenvalue weighted by atomic mass is 32.2. The Morgan fingerprint density at radius 2 is 1.90 bits per heavy atom. The maximum atomic E-state index is 12.8. The predicted molar refractivity (Wildman–Crippen MR) is 116 cm³/mol. The molecule has 154 valence electrons. The standard InChI is InChI=1S/C19H22N4O3S3/c1-19(2,3)17-20-11-15(27-17)16(24)22-18-21-13-7-6-12(10-14(13)28-18)29(25,26)23-8-4-5-9-23/h6-7,10-11H,4-5,8-9H2,1-3H3,(H,21,22,24). The van der Waals surface area contributed by atoms with E-state index in [0.29, 0.717) is 28.6 Å². The van der Waals surface area contributed by atoms with Crippen LogP contribution in [0.4, 0.5) is 5.13 Å². The third-order valence-corrected chi connectivity index (χ3v) is 8.90.